The number of hydrogen-bond acceptors (Lipinski definition) is 1. The molecular formula is C54H35N. The van der Waals surface area contributed by atoms with Gasteiger partial charge in [0.05, 0.1) is 5.69 Å². The molecule has 0 N–H and O–H groups in total. The van der Waals surface area contributed by atoms with E-state index < -0.39 is 0 Å². The normalized spacial score (nSPS) is 11.6. The molecule has 0 aliphatic carbocycles. The van der Waals surface area contributed by atoms with Crippen molar-refractivity contribution < 1.29 is 0 Å². The molecule has 0 aliphatic heterocycles. The van der Waals surface area contributed by atoms with E-state index >= 15 is 0 Å². The second kappa shape index (κ2) is 12.7. The number of anilines is 3. The zero-order valence-corrected chi connectivity index (χ0v) is 30.2. The standard InChI is InChI=1S/C54H35N/c1-4-19-43-38(14-1)33-52(49-25-9-7-22-46(43)49)36-28-30-41(31-29-36)55(54-35-40-16-3-6-21-45(40)48-24-11-12-27-51(48)54)42-18-13-17-37(32-42)53-34-39-15-2-5-20-44(39)47-23-8-10-26-50(47)53/h1-35H. The fourth-order valence-corrected chi connectivity index (χ4v) is 8.84. The molecule has 0 radical (unpaired) electrons. The van der Waals surface area contributed by atoms with Gasteiger partial charge in [-0.3, -0.25) is 0 Å². The van der Waals surface area contributed by atoms with Crippen LogP contribution in [0.1, 0.15) is 0 Å². The summed E-state index contributed by atoms with van der Waals surface area (Å²) in [4.78, 5) is 2.45. The summed E-state index contributed by atoms with van der Waals surface area (Å²) in [5, 5.41) is 15.1. The van der Waals surface area contributed by atoms with Gasteiger partial charge < -0.3 is 4.90 Å². The van der Waals surface area contributed by atoms with Crippen LogP contribution >= 0.6 is 0 Å². The number of rotatable bonds is 5. The monoisotopic (exact) mass is 697 g/mol. The van der Waals surface area contributed by atoms with Gasteiger partial charge in [0, 0.05) is 16.8 Å². The zero-order chi connectivity index (χ0) is 36.3. The van der Waals surface area contributed by atoms with E-state index in [1.807, 2.05) is 0 Å². The Morgan fingerprint density at radius 2 is 0.655 bits per heavy atom. The third kappa shape index (κ3) is 5.16. The van der Waals surface area contributed by atoms with Crippen LogP contribution in [0.15, 0.2) is 212 Å². The van der Waals surface area contributed by atoms with Gasteiger partial charge in [0.15, 0.2) is 0 Å². The summed E-state index contributed by atoms with van der Waals surface area (Å²) in [5.41, 5.74) is 8.23. The first-order chi connectivity index (χ1) is 27.3. The number of fused-ring (bicyclic) bond motifs is 9. The molecule has 0 saturated carbocycles. The van der Waals surface area contributed by atoms with Gasteiger partial charge >= 0.3 is 0 Å². The zero-order valence-electron chi connectivity index (χ0n) is 30.2. The van der Waals surface area contributed by atoms with Crippen LogP contribution in [0, 0.1) is 0 Å². The summed E-state index contributed by atoms with van der Waals surface area (Å²) in [6.07, 6.45) is 0. The molecular weight excluding hydrogens is 663 g/mol. The van der Waals surface area contributed by atoms with Crippen LogP contribution in [0.3, 0.4) is 0 Å². The minimum Gasteiger partial charge on any atom is -0.310 e. The molecule has 0 bridgehead atoms. The summed E-state index contributed by atoms with van der Waals surface area (Å²) in [6, 6.07) is 77.9. The lowest BCUT2D eigenvalue weighted by Gasteiger charge is -2.28. The van der Waals surface area contributed by atoms with Crippen LogP contribution in [0.25, 0.3) is 86.9 Å². The van der Waals surface area contributed by atoms with E-state index in [2.05, 4.69) is 217 Å². The highest BCUT2D eigenvalue weighted by atomic mass is 15.1. The first kappa shape index (κ1) is 31.3. The topological polar surface area (TPSA) is 3.24 Å². The molecule has 256 valence electrons. The molecule has 0 aliphatic rings. The maximum Gasteiger partial charge on any atom is 0.0546 e. The van der Waals surface area contributed by atoms with Crippen LogP contribution in [0.2, 0.25) is 0 Å². The fourth-order valence-electron chi connectivity index (χ4n) is 8.84. The Labute approximate surface area is 320 Å². The van der Waals surface area contributed by atoms with E-state index in [-0.39, 0.29) is 0 Å². The van der Waals surface area contributed by atoms with Crippen LogP contribution in [-0.4, -0.2) is 0 Å². The quantitative estimate of drug-likeness (QED) is 0.162. The van der Waals surface area contributed by atoms with Crippen molar-refractivity contribution in [1.29, 1.82) is 0 Å². The van der Waals surface area contributed by atoms with E-state index in [0.29, 0.717) is 0 Å². The lowest BCUT2D eigenvalue weighted by atomic mass is 9.92. The fraction of sp³-hybridized carbons (Fsp3) is 0. The predicted octanol–water partition coefficient (Wildman–Crippen LogP) is 15.4. The Morgan fingerprint density at radius 1 is 0.236 bits per heavy atom. The molecule has 11 aromatic rings. The van der Waals surface area contributed by atoms with Gasteiger partial charge in [0.2, 0.25) is 0 Å². The van der Waals surface area contributed by atoms with Crippen molar-refractivity contribution in [2.45, 2.75) is 0 Å². The van der Waals surface area contributed by atoms with Gasteiger partial charge in [-0.1, -0.05) is 170 Å². The largest absolute Gasteiger partial charge is 0.310 e. The smallest absolute Gasteiger partial charge is 0.0546 e. The molecule has 1 nitrogen and oxygen atoms in total. The van der Waals surface area contributed by atoms with Crippen LogP contribution < -0.4 is 4.90 Å². The van der Waals surface area contributed by atoms with Gasteiger partial charge in [-0.05, 0) is 124 Å². The second-order valence-electron chi connectivity index (χ2n) is 14.5. The van der Waals surface area contributed by atoms with Gasteiger partial charge in [0.25, 0.3) is 0 Å². The molecule has 11 rings (SSSR count). The molecule has 1 heteroatoms. The lowest BCUT2D eigenvalue weighted by molar-refractivity contribution is 1.30. The molecule has 0 saturated heterocycles. The number of benzene rings is 11. The highest BCUT2D eigenvalue weighted by Crippen LogP contribution is 2.45. The minimum absolute atomic E-state index is 1.11. The average molecular weight is 698 g/mol. The summed E-state index contributed by atoms with van der Waals surface area (Å²) >= 11 is 0. The summed E-state index contributed by atoms with van der Waals surface area (Å²) in [7, 11) is 0. The third-order valence-electron chi connectivity index (χ3n) is 11.4. The Kier molecular flexibility index (Phi) is 7.25. The van der Waals surface area contributed by atoms with Gasteiger partial charge in [-0.25, -0.2) is 0 Å². The van der Waals surface area contributed by atoms with E-state index in [1.54, 1.807) is 0 Å². The maximum atomic E-state index is 2.45. The average Bonchev–Trinajstić information content (AvgIpc) is 3.26. The predicted molar refractivity (Wildman–Crippen MR) is 237 cm³/mol. The highest BCUT2D eigenvalue weighted by molar-refractivity contribution is 6.17. The van der Waals surface area contributed by atoms with Crippen molar-refractivity contribution in [2.75, 3.05) is 4.90 Å². The molecule has 0 unspecified atom stereocenters. The van der Waals surface area contributed by atoms with E-state index in [0.717, 1.165) is 17.1 Å². The van der Waals surface area contributed by atoms with Crippen molar-refractivity contribution in [2.24, 2.45) is 0 Å². The molecule has 0 atom stereocenters. The number of hydrogen-bond donors (Lipinski definition) is 0. The van der Waals surface area contributed by atoms with Gasteiger partial charge in [-0.2, -0.15) is 0 Å². The molecule has 0 heterocycles. The lowest BCUT2D eigenvalue weighted by Crippen LogP contribution is -2.11. The summed E-state index contributed by atoms with van der Waals surface area (Å²) in [5.74, 6) is 0. The molecule has 0 fully saturated rings. The Bertz CT molecular complexity index is 3260. The first-order valence-electron chi connectivity index (χ1n) is 19.0. The Morgan fingerprint density at radius 3 is 1.20 bits per heavy atom. The van der Waals surface area contributed by atoms with Crippen molar-refractivity contribution in [3.63, 3.8) is 0 Å². The van der Waals surface area contributed by atoms with Gasteiger partial charge in [0.1, 0.15) is 0 Å². The van der Waals surface area contributed by atoms with E-state index in [4.69, 9.17) is 0 Å². The number of nitrogens with zero attached hydrogens (tertiary/aromatic N) is 1. The van der Waals surface area contributed by atoms with E-state index in [9.17, 15) is 0 Å². The SMILES string of the molecule is c1cc(-c2cc3ccccc3c3ccccc23)cc(N(c2ccc(-c3cc4ccccc4c4ccccc34)cc2)c2cc3ccccc3c3ccccc23)c1. The summed E-state index contributed by atoms with van der Waals surface area (Å²) < 4.78 is 0. The van der Waals surface area contributed by atoms with Crippen LogP contribution in [0.5, 0.6) is 0 Å². The van der Waals surface area contributed by atoms with Crippen LogP contribution in [-0.2, 0) is 0 Å². The highest BCUT2D eigenvalue weighted by Gasteiger charge is 2.19. The second-order valence-corrected chi connectivity index (χ2v) is 14.5. The Balaban J connectivity index is 1.13. The van der Waals surface area contributed by atoms with Crippen molar-refractivity contribution in [3.05, 3.63) is 212 Å². The Hall–Kier alpha value is -7.22. The molecule has 11 aromatic carbocycles. The van der Waals surface area contributed by atoms with Gasteiger partial charge in [-0.15, -0.1) is 0 Å². The van der Waals surface area contributed by atoms with Crippen LogP contribution in [0.4, 0.5) is 17.1 Å². The minimum atomic E-state index is 1.11. The summed E-state index contributed by atoms with van der Waals surface area (Å²) in [6.45, 7) is 0. The van der Waals surface area contributed by atoms with Crippen molar-refractivity contribution in [1.82, 2.24) is 0 Å². The van der Waals surface area contributed by atoms with Crippen molar-refractivity contribution in [3.8, 4) is 22.3 Å². The first-order valence-corrected chi connectivity index (χ1v) is 19.0. The van der Waals surface area contributed by atoms with Crippen molar-refractivity contribution >= 4 is 81.7 Å². The molecule has 0 amide bonds. The molecule has 0 aromatic heterocycles. The maximum absolute atomic E-state index is 2.45. The molecule has 55 heavy (non-hydrogen) atoms. The molecule has 0 spiro atoms. The third-order valence-corrected chi connectivity index (χ3v) is 11.4. The van der Waals surface area contributed by atoms with E-state index in [1.165, 1.54) is 86.9 Å².